The third kappa shape index (κ3) is 6.67. The number of methoxy groups -OCH3 is 1. The molecule has 11 nitrogen and oxygen atoms in total. The van der Waals surface area contributed by atoms with E-state index in [1.807, 2.05) is 52.0 Å². The van der Waals surface area contributed by atoms with Crippen LogP contribution >= 0.6 is 0 Å². The molecule has 0 atom stereocenters. The quantitative estimate of drug-likeness (QED) is 0.383. The number of aromatic amines is 1. The topological polar surface area (TPSA) is 147 Å². The molecule has 4 rings (SSSR count). The van der Waals surface area contributed by atoms with E-state index in [-0.39, 0.29) is 11.1 Å². The number of hydrogen-bond donors (Lipinski definition) is 3. The molecule has 0 radical (unpaired) electrons. The number of nitriles is 1. The average Bonchev–Trinajstić information content (AvgIpc) is 3.49. The fourth-order valence-corrected chi connectivity index (χ4v) is 3.71. The molecule has 194 valence electrons. The fraction of sp³-hybridized carbons (Fsp3) is 0.423. The highest BCUT2D eigenvalue weighted by Crippen LogP contribution is 2.47. The Morgan fingerprint density at radius 3 is 2.54 bits per heavy atom. The Bertz CT molecular complexity index is 1300. The van der Waals surface area contributed by atoms with E-state index in [9.17, 15) is 4.79 Å². The first-order chi connectivity index (χ1) is 17.6. The molecule has 1 fully saturated rings. The first-order valence-corrected chi connectivity index (χ1v) is 11.9. The molecule has 0 bridgehead atoms. The summed E-state index contributed by atoms with van der Waals surface area (Å²) in [5, 5.41) is 22.2. The van der Waals surface area contributed by atoms with E-state index in [2.05, 4.69) is 30.8 Å². The Labute approximate surface area is 215 Å². The number of benzene rings is 1. The number of rotatable bonds is 9. The molecule has 1 aliphatic carbocycles. The maximum Gasteiger partial charge on any atom is 0.407 e. The lowest BCUT2D eigenvalue weighted by Crippen LogP contribution is -2.37. The number of ether oxygens (including phenoxy) is 3. The Hall–Kier alpha value is -4.33. The lowest BCUT2D eigenvalue weighted by molar-refractivity contribution is 0.0509. The van der Waals surface area contributed by atoms with Crippen molar-refractivity contribution in [1.29, 1.82) is 5.26 Å². The van der Waals surface area contributed by atoms with Gasteiger partial charge in [-0.3, -0.25) is 5.10 Å². The Morgan fingerprint density at radius 2 is 1.92 bits per heavy atom. The van der Waals surface area contributed by atoms with E-state index in [4.69, 9.17) is 19.5 Å². The number of nitrogens with one attached hydrogen (secondary N) is 3. The average molecular weight is 506 g/mol. The summed E-state index contributed by atoms with van der Waals surface area (Å²) in [6.07, 6.45) is 4.32. The van der Waals surface area contributed by atoms with Crippen molar-refractivity contribution in [2.24, 2.45) is 5.41 Å². The minimum absolute atomic E-state index is 0.139. The van der Waals surface area contributed by atoms with Gasteiger partial charge in [0.15, 0.2) is 11.5 Å². The summed E-state index contributed by atoms with van der Waals surface area (Å²) in [5.74, 6) is 2.26. The molecule has 37 heavy (non-hydrogen) atoms. The van der Waals surface area contributed by atoms with Gasteiger partial charge < -0.3 is 24.8 Å². The third-order valence-electron chi connectivity index (χ3n) is 5.80. The zero-order chi connectivity index (χ0) is 26.6. The van der Waals surface area contributed by atoms with Gasteiger partial charge in [0.1, 0.15) is 29.0 Å². The molecule has 1 saturated carbocycles. The van der Waals surface area contributed by atoms with Crippen LogP contribution in [-0.2, 0) is 4.74 Å². The molecule has 2 heterocycles. The van der Waals surface area contributed by atoms with Crippen LogP contribution in [0.3, 0.4) is 0 Å². The van der Waals surface area contributed by atoms with E-state index < -0.39 is 11.7 Å². The van der Waals surface area contributed by atoms with Crippen LogP contribution in [0.2, 0.25) is 0 Å². The minimum Gasteiger partial charge on any atom is -0.496 e. The summed E-state index contributed by atoms with van der Waals surface area (Å²) < 4.78 is 17.4. The van der Waals surface area contributed by atoms with Crippen LogP contribution in [0, 0.1) is 23.7 Å². The van der Waals surface area contributed by atoms with Gasteiger partial charge in [-0.1, -0.05) is 0 Å². The Balaban J connectivity index is 1.49. The van der Waals surface area contributed by atoms with Crippen LogP contribution in [-0.4, -0.2) is 52.1 Å². The van der Waals surface area contributed by atoms with Crippen LogP contribution < -0.4 is 20.1 Å². The highest BCUT2D eigenvalue weighted by Gasteiger charge is 2.44. The van der Waals surface area contributed by atoms with Crippen molar-refractivity contribution in [3.8, 4) is 28.8 Å². The number of alkyl carbamates (subject to hydrolysis) is 1. The van der Waals surface area contributed by atoms with Crippen LogP contribution in [0.4, 0.5) is 16.4 Å². The van der Waals surface area contributed by atoms with E-state index >= 15 is 0 Å². The summed E-state index contributed by atoms with van der Waals surface area (Å²) in [6.45, 7) is 8.39. The zero-order valence-electron chi connectivity index (χ0n) is 21.6. The van der Waals surface area contributed by atoms with Crippen molar-refractivity contribution in [1.82, 2.24) is 25.5 Å². The predicted octanol–water partition coefficient (Wildman–Crippen LogP) is 4.48. The third-order valence-corrected chi connectivity index (χ3v) is 5.80. The smallest absolute Gasteiger partial charge is 0.407 e. The predicted molar refractivity (Wildman–Crippen MR) is 137 cm³/mol. The number of anilines is 2. The highest BCUT2D eigenvalue weighted by atomic mass is 16.6. The van der Waals surface area contributed by atoms with Crippen molar-refractivity contribution in [2.45, 2.75) is 46.1 Å². The second-order valence-electron chi connectivity index (χ2n) is 10.2. The number of hydrogen-bond acceptors (Lipinski definition) is 9. The van der Waals surface area contributed by atoms with Crippen molar-refractivity contribution >= 4 is 17.7 Å². The molecular formula is C26H31N7O4. The van der Waals surface area contributed by atoms with Crippen LogP contribution in [0.1, 0.15) is 44.9 Å². The number of aromatic nitrogens is 4. The molecule has 2 aromatic heterocycles. The van der Waals surface area contributed by atoms with Crippen LogP contribution in [0.15, 0.2) is 30.6 Å². The van der Waals surface area contributed by atoms with Gasteiger partial charge in [-0.15, -0.1) is 0 Å². The minimum atomic E-state index is -0.547. The second-order valence-corrected chi connectivity index (χ2v) is 10.2. The van der Waals surface area contributed by atoms with Gasteiger partial charge in [0.05, 0.1) is 37.4 Å². The van der Waals surface area contributed by atoms with E-state index in [0.717, 1.165) is 24.0 Å². The van der Waals surface area contributed by atoms with Crippen molar-refractivity contribution in [3.63, 3.8) is 0 Å². The van der Waals surface area contributed by atoms with E-state index in [1.165, 1.54) is 12.4 Å². The maximum absolute atomic E-state index is 12.1. The molecule has 1 aromatic carbocycles. The summed E-state index contributed by atoms with van der Waals surface area (Å²) in [7, 11) is 1.61. The molecule has 3 N–H and O–H groups in total. The summed E-state index contributed by atoms with van der Waals surface area (Å²) in [6, 6.07) is 7.64. The number of nitrogens with zero attached hydrogens (tertiary/aromatic N) is 4. The number of aryl methyl sites for hydroxylation is 1. The number of carbonyl (C=O) groups excluding carboxylic acids is 1. The van der Waals surface area contributed by atoms with Crippen molar-refractivity contribution < 1.29 is 19.0 Å². The summed E-state index contributed by atoms with van der Waals surface area (Å²) in [5.41, 5.74) is 1.95. The number of amides is 1. The molecule has 0 aliphatic heterocycles. The van der Waals surface area contributed by atoms with E-state index in [1.54, 1.807) is 7.11 Å². The monoisotopic (exact) mass is 505 g/mol. The van der Waals surface area contributed by atoms with Crippen molar-refractivity contribution in [3.05, 3.63) is 41.9 Å². The van der Waals surface area contributed by atoms with Gasteiger partial charge >= 0.3 is 6.09 Å². The second kappa shape index (κ2) is 10.3. The van der Waals surface area contributed by atoms with E-state index in [0.29, 0.717) is 42.0 Å². The Morgan fingerprint density at radius 1 is 1.16 bits per heavy atom. The van der Waals surface area contributed by atoms with Crippen molar-refractivity contribution in [2.75, 3.05) is 25.6 Å². The normalized spacial score (nSPS) is 13.8. The molecule has 3 aromatic rings. The molecule has 0 spiro atoms. The number of carbonyl (C=O) groups is 1. The zero-order valence-corrected chi connectivity index (χ0v) is 21.6. The SMILES string of the molecule is COc1cc(C)cc(OCC2(CNC(=O)OC(C)(C)C)CC2)c1-c1cc(Nc2cnc(C#N)cn2)n[nH]1. The fourth-order valence-electron chi connectivity index (χ4n) is 3.71. The lowest BCUT2D eigenvalue weighted by atomic mass is 10.1. The Kier molecular flexibility index (Phi) is 7.20. The standard InChI is InChI=1S/C26H31N7O4/c1-16-8-19(35-5)23(18-10-21(33-32-18)31-22-13-28-17(11-27)12-29-22)20(9-16)36-15-26(6-7-26)14-30-24(34)37-25(2,3)4/h8-10,12-13H,6-7,14-15H2,1-5H3,(H,30,34)(H2,29,31,32,33). The molecule has 1 aliphatic rings. The molecule has 0 saturated heterocycles. The first-order valence-electron chi connectivity index (χ1n) is 11.9. The molecule has 0 unspecified atom stereocenters. The first kappa shape index (κ1) is 25.8. The van der Waals surface area contributed by atoms with Gasteiger partial charge in [-0.2, -0.15) is 10.4 Å². The highest BCUT2D eigenvalue weighted by molar-refractivity contribution is 5.77. The summed E-state index contributed by atoms with van der Waals surface area (Å²) in [4.78, 5) is 20.3. The molecular weight excluding hydrogens is 474 g/mol. The van der Waals surface area contributed by atoms with Crippen LogP contribution in [0.25, 0.3) is 11.3 Å². The number of H-pyrrole nitrogens is 1. The maximum atomic E-state index is 12.1. The van der Waals surface area contributed by atoms with Crippen LogP contribution in [0.5, 0.6) is 11.5 Å². The van der Waals surface area contributed by atoms with Gasteiger partial charge in [0.25, 0.3) is 0 Å². The molecule has 1 amide bonds. The van der Waals surface area contributed by atoms with Gasteiger partial charge in [0.2, 0.25) is 0 Å². The van der Waals surface area contributed by atoms with Gasteiger partial charge in [-0.05, 0) is 58.2 Å². The molecule has 11 heteroatoms. The summed E-state index contributed by atoms with van der Waals surface area (Å²) >= 11 is 0. The van der Waals surface area contributed by atoms with Gasteiger partial charge in [0, 0.05) is 18.0 Å². The van der Waals surface area contributed by atoms with Gasteiger partial charge in [-0.25, -0.2) is 14.8 Å². The largest absolute Gasteiger partial charge is 0.496 e. The lowest BCUT2D eigenvalue weighted by Gasteiger charge is -2.22.